The SMILES string of the molecule is CCCCCCCCCCCCC[N+](C(CCC)C(=O)O)(C(CCC)C(=O)O)C(CCC)C(=O)O. The summed E-state index contributed by atoms with van der Waals surface area (Å²) in [5, 5.41) is 30.6. The highest BCUT2D eigenvalue weighted by Crippen LogP contribution is 2.34. The lowest BCUT2D eigenvalue weighted by atomic mass is 9.91. The maximum Gasteiger partial charge on any atom is 0.362 e. The zero-order valence-electron chi connectivity index (χ0n) is 23.0. The molecule has 3 N–H and O–H groups in total. The summed E-state index contributed by atoms with van der Waals surface area (Å²) in [5.74, 6) is -3.25. The van der Waals surface area contributed by atoms with Crippen LogP contribution in [0.1, 0.15) is 137 Å². The Kier molecular flexibility index (Phi) is 18.6. The number of carboxylic acid groups (broad SMARTS) is 3. The van der Waals surface area contributed by atoms with Crippen molar-refractivity contribution in [2.24, 2.45) is 0 Å². The molecule has 0 saturated carbocycles. The van der Waals surface area contributed by atoms with Gasteiger partial charge in [0.1, 0.15) is 0 Å². The normalized spacial score (nSPS) is 15.8. The monoisotopic (exact) mass is 500 g/mol. The van der Waals surface area contributed by atoms with Crippen LogP contribution in [0.5, 0.6) is 0 Å². The molecule has 0 rings (SSSR count). The average Bonchev–Trinajstić information content (AvgIpc) is 2.81. The third-order valence-corrected chi connectivity index (χ3v) is 7.43. The van der Waals surface area contributed by atoms with E-state index < -0.39 is 36.0 Å². The number of aliphatic carboxylic acids is 3. The van der Waals surface area contributed by atoms with Crippen LogP contribution in [0, 0.1) is 0 Å². The van der Waals surface area contributed by atoms with E-state index in [0.717, 1.165) is 19.3 Å². The van der Waals surface area contributed by atoms with E-state index in [0.29, 0.717) is 25.7 Å². The van der Waals surface area contributed by atoms with E-state index in [1.165, 1.54) is 44.9 Å². The Morgan fingerprint density at radius 1 is 0.486 bits per heavy atom. The van der Waals surface area contributed by atoms with Gasteiger partial charge in [-0.05, 0) is 32.1 Å². The maximum atomic E-state index is 12.5. The number of rotatable bonds is 24. The summed E-state index contributed by atoms with van der Waals surface area (Å²) in [4.78, 5) is 37.5. The summed E-state index contributed by atoms with van der Waals surface area (Å²) in [6.45, 7) is 8.12. The fourth-order valence-corrected chi connectivity index (χ4v) is 5.70. The second kappa shape index (κ2) is 19.5. The van der Waals surface area contributed by atoms with Crippen molar-refractivity contribution in [3.63, 3.8) is 0 Å². The first-order valence-corrected chi connectivity index (χ1v) is 14.3. The molecular formula is C28H54NO6+. The van der Waals surface area contributed by atoms with Gasteiger partial charge in [0, 0.05) is 19.3 Å². The van der Waals surface area contributed by atoms with Crippen molar-refractivity contribution >= 4 is 17.9 Å². The van der Waals surface area contributed by atoms with E-state index >= 15 is 0 Å². The van der Waals surface area contributed by atoms with Gasteiger partial charge in [-0.1, -0.05) is 85.5 Å². The Labute approximate surface area is 213 Å². The lowest BCUT2D eigenvalue weighted by Crippen LogP contribution is -2.72. The van der Waals surface area contributed by atoms with Crippen molar-refractivity contribution in [3.8, 4) is 0 Å². The van der Waals surface area contributed by atoms with Gasteiger partial charge in [0.15, 0.2) is 18.1 Å². The summed E-state index contributed by atoms with van der Waals surface area (Å²) in [7, 11) is 0. The minimum atomic E-state index is -1.08. The molecule has 7 heteroatoms. The summed E-state index contributed by atoms with van der Waals surface area (Å²) in [6, 6.07) is -3.12. The molecule has 0 saturated heterocycles. The Morgan fingerprint density at radius 3 is 1.03 bits per heavy atom. The highest BCUT2D eigenvalue weighted by molar-refractivity contribution is 5.78. The zero-order chi connectivity index (χ0) is 26.7. The van der Waals surface area contributed by atoms with Gasteiger partial charge < -0.3 is 15.3 Å². The topological polar surface area (TPSA) is 112 Å². The highest BCUT2D eigenvalue weighted by Gasteiger charge is 2.56. The number of unbranched alkanes of at least 4 members (excludes halogenated alkanes) is 10. The van der Waals surface area contributed by atoms with Crippen LogP contribution in [0.15, 0.2) is 0 Å². The lowest BCUT2D eigenvalue weighted by Gasteiger charge is -2.50. The summed E-state index contributed by atoms with van der Waals surface area (Å²) >= 11 is 0. The second-order valence-corrected chi connectivity index (χ2v) is 10.2. The lowest BCUT2D eigenvalue weighted by molar-refractivity contribution is -0.973. The largest absolute Gasteiger partial charge is 0.477 e. The van der Waals surface area contributed by atoms with E-state index in [-0.39, 0.29) is 30.3 Å². The molecule has 0 radical (unpaired) electrons. The third-order valence-electron chi connectivity index (χ3n) is 7.43. The molecule has 0 amide bonds. The van der Waals surface area contributed by atoms with Crippen LogP contribution in [-0.2, 0) is 14.4 Å². The van der Waals surface area contributed by atoms with E-state index in [9.17, 15) is 29.7 Å². The first kappa shape index (κ1) is 33.4. The molecule has 0 bridgehead atoms. The van der Waals surface area contributed by atoms with Crippen molar-refractivity contribution in [2.45, 2.75) is 155 Å². The number of carboxylic acids is 3. The van der Waals surface area contributed by atoms with Crippen LogP contribution in [-0.4, -0.2) is 62.4 Å². The molecule has 0 fully saturated rings. The van der Waals surface area contributed by atoms with Crippen molar-refractivity contribution in [2.75, 3.05) is 6.54 Å². The fourth-order valence-electron chi connectivity index (χ4n) is 5.70. The predicted octanol–water partition coefficient (Wildman–Crippen LogP) is 6.87. The molecule has 0 aliphatic heterocycles. The van der Waals surface area contributed by atoms with Gasteiger partial charge in [0.25, 0.3) is 0 Å². The van der Waals surface area contributed by atoms with Crippen LogP contribution < -0.4 is 0 Å². The minimum absolute atomic E-state index is 0.272. The number of nitrogens with zero attached hydrogens (tertiary/aromatic N) is 1. The average molecular weight is 501 g/mol. The minimum Gasteiger partial charge on any atom is -0.477 e. The fraction of sp³-hybridized carbons (Fsp3) is 0.893. The third kappa shape index (κ3) is 11.3. The Morgan fingerprint density at radius 2 is 0.771 bits per heavy atom. The molecule has 0 aromatic carbocycles. The number of quaternary nitrogens is 1. The first-order valence-electron chi connectivity index (χ1n) is 14.3. The number of hydrogen-bond donors (Lipinski definition) is 3. The zero-order valence-corrected chi connectivity index (χ0v) is 23.0. The second-order valence-electron chi connectivity index (χ2n) is 10.2. The van der Waals surface area contributed by atoms with E-state index in [2.05, 4.69) is 6.92 Å². The van der Waals surface area contributed by atoms with Crippen LogP contribution in [0.25, 0.3) is 0 Å². The van der Waals surface area contributed by atoms with E-state index in [1.54, 1.807) is 0 Å². The van der Waals surface area contributed by atoms with Gasteiger partial charge >= 0.3 is 17.9 Å². The molecular weight excluding hydrogens is 446 g/mol. The van der Waals surface area contributed by atoms with E-state index in [4.69, 9.17) is 0 Å². The van der Waals surface area contributed by atoms with Gasteiger partial charge in [0.05, 0.1) is 6.54 Å². The molecule has 0 spiro atoms. The van der Waals surface area contributed by atoms with Crippen molar-refractivity contribution in [3.05, 3.63) is 0 Å². The molecule has 0 aromatic rings. The van der Waals surface area contributed by atoms with Crippen LogP contribution in [0.3, 0.4) is 0 Å². The molecule has 0 aliphatic rings. The highest BCUT2D eigenvalue weighted by atomic mass is 16.4. The first-order chi connectivity index (χ1) is 16.7. The Bertz CT molecular complexity index is 534. The smallest absolute Gasteiger partial charge is 0.362 e. The van der Waals surface area contributed by atoms with Crippen LogP contribution >= 0.6 is 0 Å². The summed E-state index contributed by atoms with van der Waals surface area (Å²) < 4.78 is -0.368. The maximum absolute atomic E-state index is 12.5. The van der Waals surface area contributed by atoms with Crippen molar-refractivity contribution in [1.82, 2.24) is 0 Å². The van der Waals surface area contributed by atoms with Gasteiger partial charge in [-0.3, -0.25) is 4.48 Å². The molecule has 0 aliphatic carbocycles. The van der Waals surface area contributed by atoms with Crippen molar-refractivity contribution < 1.29 is 34.2 Å². The van der Waals surface area contributed by atoms with E-state index in [1.807, 2.05) is 20.8 Å². The standard InChI is InChI=1S/C28H53NO6/c1-5-9-10-11-12-13-14-15-16-17-18-22-29(23(19-6-2)26(30)31,24(20-7-3)27(32)33)25(21-8-4)28(34)35/h23-25H,5-22H2,1-4H3,(H2-,30,31,32,33,34,35)/p+1. The predicted molar refractivity (Wildman–Crippen MR) is 141 cm³/mol. The summed E-state index contributed by atoms with van der Waals surface area (Å²) in [5.41, 5.74) is 0. The molecule has 35 heavy (non-hydrogen) atoms. The molecule has 3 atom stereocenters. The molecule has 7 nitrogen and oxygen atoms in total. The Balaban J connectivity index is 5.65. The van der Waals surface area contributed by atoms with Gasteiger partial charge in [-0.25, -0.2) is 14.4 Å². The van der Waals surface area contributed by atoms with Crippen molar-refractivity contribution in [1.29, 1.82) is 0 Å². The van der Waals surface area contributed by atoms with Crippen LogP contribution in [0.4, 0.5) is 0 Å². The summed E-state index contributed by atoms with van der Waals surface area (Å²) in [6.07, 6.45) is 15.0. The number of carbonyl (C=O) groups is 3. The van der Waals surface area contributed by atoms with Crippen LogP contribution in [0.2, 0.25) is 0 Å². The Hall–Kier alpha value is -1.63. The van der Waals surface area contributed by atoms with Gasteiger partial charge in [-0.2, -0.15) is 0 Å². The molecule has 0 aromatic heterocycles. The quantitative estimate of drug-likeness (QED) is 0.0984. The van der Waals surface area contributed by atoms with Gasteiger partial charge in [-0.15, -0.1) is 0 Å². The molecule has 0 heterocycles. The molecule has 3 unspecified atom stereocenters. The number of hydrogen-bond acceptors (Lipinski definition) is 3. The molecule has 206 valence electrons. The van der Waals surface area contributed by atoms with Gasteiger partial charge in [0.2, 0.25) is 0 Å².